The molecule has 5 rings (SSSR count). The first kappa shape index (κ1) is 20.0. The molecule has 8 atom stereocenters. The first-order chi connectivity index (χ1) is 13.9. The monoisotopic (exact) mass is 427 g/mol. The number of hydrazine groups is 1. The maximum atomic E-state index is 14.0. The third-order valence-corrected chi connectivity index (χ3v) is 8.37. The minimum atomic E-state index is -0.977. The Morgan fingerprint density at radius 1 is 1.07 bits per heavy atom. The number of rotatable bonds is 3. The molecular weight excluding hydrogens is 397 g/mol. The third kappa shape index (κ3) is 3.56. The van der Waals surface area contributed by atoms with Crippen LogP contribution in [0.2, 0.25) is 0 Å². The van der Waals surface area contributed by atoms with E-state index in [-0.39, 0.29) is 47.8 Å². The van der Waals surface area contributed by atoms with Crippen LogP contribution in [0.5, 0.6) is 0 Å². The zero-order valence-corrected chi connectivity index (χ0v) is 17.6. The van der Waals surface area contributed by atoms with E-state index in [2.05, 4.69) is 16.2 Å². The number of carbonyl (C=O) groups excluding carboxylic acids is 2. The maximum absolute atomic E-state index is 14.0. The average Bonchev–Trinajstić information content (AvgIpc) is 3.34. The number of hydrogen-bond donors (Lipinski definition) is 3. The Hall–Kier alpha value is -0.960. The van der Waals surface area contributed by atoms with Crippen LogP contribution in [0.4, 0.5) is 4.39 Å². The molecule has 0 aromatic heterocycles. The molecule has 3 aliphatic heterocycles. The molecule has 5 fully saturated rings. The fourth-order valence-corrected chi connectivity index (χ4v) is 6.21. The zero-order valence-electron chi connectivity index (χ0n) is 16.8. The molecule has 8 unspecified atom stereocenters. The Bertz CT molecular complexity index is 679. The first-order valence-electron chi connectivity index (χ1n) is 11.0. The molecule has 0 radical (unpaired) electrons. The molecule has 3 N–H and O–H groups in total. The second-order valence-corrected chi connectivity index (χ2v) is 10.1. The first-order valence-corrected chi connectivity index (χ1v) is 11.5. The van der Waals surface area contributed by atoms with Crippen molar-refractivity contribution in [2.45, 2.75) is 80.3 Å². The lowest BCUT2D eigenvalue weighted by Crippen LogP contribution is -2.55. The molecule has 3 heterocycles. The van der Waals surface area contributed by atoms with Crippen LogP contribution in [0.3, 0.4) is 0 Å². The molecule has 0 aromatic rings. The van der Waals surface area contributed by atoms with Gasteiger partial charge in [-0.3, -0.25) is 15.0 Å². The molecule has 2 saturated carbocycles. The lowest BCUT2D eigenvalue weighted by atomic mass is 9.83. The number of amides is 2. The molecule has 162 valence electrons. The fourth-order valence-electron chi connectivity index (χ4n) is 5.80. The Labute approximate surface area is 176 Å². The fraction of sp³-hybridized carbons (Fsp3) is 0.900. The Morgan fingerprint density at radius 3 is 2.62 bits per heavy atom. The summed E-state index contributed by atoms with van der Waals surface area (Å²) in [6.07, 6.45) is 3.82. The summed E-state index contributed by atoms with van der Waals surface area (Å²) in [4.78, 5) is 29.9. The average molecular weight is 428 g/mol. The van der Waals surface area contributed by atoms with Crippen LogP contribution in [-0.2, 0) is 9.59 Å². The Balaban J connectivity index is 1.23. The van der Waals surface area contributed by atoms with Gasteiger partial charge in [-0.05, 0) is 44.4 Å². The quantitative estimate of drug-likeness (QED) is 0.568. The number of hydrogen-bond acceptors (Lipinski definition) is 5. The highest BCUT2D eigenvalue weighted by atomic mass is 35.5. The molecule has 0 bridgehead atoms. The molecule has 5 aliphatic rings. The van der Waals surface area contributed by atoms with E-state index in [4.69, 9.17) is 11.6 Å². The molecule has 2 aliphatic carbocycles. The number of nitrogens with one attached hydrogen (secondary N) is 3. The van der Waals surface area contributed by atoms with Crippen molar-refractivity contribution in [1.82, 2.24) is 26.0 Å². The minimum Gasteiger partial charge on any atom is -0.341 e. The molecule has 0 spiro atoms. The summed E-state index contributed by atoms with van der Waals surface area (Å²) < 4.78 is 14.0. The summed E-state index contributed by atoms with van der Waals surface area (Å²) >= 11 is 6.31. The van der Waals surface area contributed by atoms with Crippen molar-refractivity contribution in [1.29, 1.82) is 0 Å². The highest BCUT2D eigenvalue weighted by Crippen LogP contribution is 2.39. The van der Waals surface area contributed by atoms with E-state index in [0.29, 0.717) is 32.0 Å². The molecular formula is C20H31ClFN5O2. The van der Waals surface area contributed by atoms with Crippen molar-refractivity contribution in [3.63, 3.8) is 0 Å². The molecule has 9 heteroatoms. The summed E-state index contributed by atoms with van der Waals surface area (Å²) in [5, 5.41) is 2.92. The summed E-state index contributed by atoms with van der Waals surface area (Å²) in [6.45, 7) is 1.25. The van der Waals surface area contributed by atoms with Gasteiger partial charge in [0.05, 0.1) is 11.4 Å². The van der Waals surface area contributed by atoms with Gasteiger partial charge < -0.3 is 15.1 Å². The van der Waals surface area contributed by atoms with Crippen molar-refractivity contribution >= 4 is 23.4 Å². The standard InChI is InChI=1S/C20H31ClFN5O2/c1-26(10-2-3-10)20(29)18-12-9-27(7-6-15(12)24-25-18)19(28)16-8-11-14(23-16)5-4-13(22)17(11)21/h10-18,23-25H,2-9H2,1H3. The number of piperidine rings is 1. The van der Waals surface area contributed by atoms with E-state index in [1.165, 1.54) is 0 Å². The topological polar surface area (TPSA) is 76.7 Å². The maximum Gasteiger partial charge on any atom is 0.241 e. The van der Waals surface area contributed by atoms with Gasteiger partial charge in [-0.2, -0.15) is 0 Å². The van der Waals surface area contributed by atoms with Crippen LogP contribution < -0.4 is 16.2 Å². The van der Waals surface area contributed by atoms with Crippen molar-refractivity contribution in [2.75, 3.05) is 20.1 Å². The number of halogens is 2. The largest absolute Gasteiger partial charge is 0.341 e. The Kier molecular flexibility index (Phi) is 5.25. The Morgan fingerprint density at radius 2 is 1.86 bits per heavy atom. The van der Waals surface area contributed by atoms with Crippen molar-refractivity contribution < 1.29 is 14.0 Å². The normalized spacial score (nSPS) is 44.3. The second kappa shape index (κ2) is 7.62. The molecule has 29 heavy (non-hydrogen) atoms. The molecule has 7 nitrogen and oxygen atoms in total. The lowest BCUT2D eigenvalue weighted by molar-refractivity contribution is -0.138. The molecule has 3 saturated heterocycles. The van der Waals surface area contributed by atoms with Gasteiger partial charge >= 0.3 is 0 Å². The number of alkyl halides is 2. The van der Waals surface area contributed by atoms with E-state index in [1.54, 1.807) is 0 Å². The minimum absolute atomic E-state index is 0.0169. The van der Waals surface area contributed by atoms with Crippen LogP contribution in [0.15, 0.2) is 0 Å². The van der Waals surface area contributed by atoms with E-state index in [9.17, 15) is 14.0 Å². The SMILES string of the molecule is CN(C(=O)C1NNC2CCN(C(=O)C3CC4C(CCC(F)C4Cl)N3)CC21)C1CC1. The van der Waals surface area contributed by atoms with Crippen LogP contribution in [0, 0.1) is 11.8 Å². The van der Waals surface area contributed by atoms with Crippen molar-refractivity contribution in [3.8, 4) is 0 Å². The smallest absolute Gasteiger partial charge is 0.241 e. The second-order valence-electron chi connectivity index (χ2n) is 9.55. The number of fused-ring (bicyclic) bond motifs is 2. The number of nitrogens with zero attached hydrogens (tertiary/aromatic N) is 2. The lowest BCUT2D eigenvalue weighted by Gasteiger charge is -2.37. The van der Waals surface area contributed by atoms with E-state index >= 15 is 0 Å². The van der Waals surface area contributed by atoms with Crippen molar-refractivity contribution in [3.05, 3.63) is 0 Å². The molecule has 2 amide bonds. The number of carbonyl (C=O) groups is 2. The van der Waals surface area contributed by atoms with Crippen molar-refractivity contribution in [2.24, 2.45) is 11.8 Å². The van der Waals surface area contributed by atoms with Gasteiger partial charge in [0.1, 0.15) is 12.2 Å². The van der Waals surface area contributed by atoms with E-state index < -0.39 is 11.5 Å². The van der Waals surface area contributed by atoms with Crippen LogP contribution >= 0.6 is 11.6 Å². The third-order valence-electron chi connectivity index (χ3n) is 7.78. The zero-order chi connectivity index (χ0) is 20.3. The highest BCUT2D eigenvalue weighted by molar-refractivity contribution is 6.21. The number of likely N-dealkylation sites (N-methyl/N-ethyl adjacent to an activating group) is 1. The van der Waals surface area contributed by atoms with Gasteiger partial charge in [0, 0.05) is 44.2 Å². The van der Waals surface area contributed by atoms with Crippen LogP contribution in [0.25, 0.3) is 0 Å². The van der Waals surface area contributed by atoms with E-state index in [0.717, 1.165) is 25.7 Å². The molecule has 0 aromatic carbocycles. The van der Waals surface area contributed by atoms with Gasteiger partial charge in [-0.25, -0.2) is 9.82 Å². The summed E-state index contributed by atoms with van der Waals surface area (Å²) in [7, 11) is 1.88. The van der Waals surface area contributed by atoms with Gasteiger partial charge in [-0.1, -0.05) is 0 Å². The predicted octanol–water partition coefficient (Wildman–Crippen LogP) is 0.387. The van der Waals surface area contributed by atoms with Gasteiger partial charge in [0.15, 0.2) is 0 Å². The predicted molar refractivity (Wildman–Crippen MR) is 107 cm³/mol. The highest BCUT2D eigenvalue weighted by Gasteiger charge is 2.50. The van der Waals surface area contributed by atoms with Crippen LogP contribution in [0.1, 0.15) is 38.5 Å². The summed E-state index contributed by atoms with van der Waals surface area (Å²) in [5.74, 6) is 0.279. The van der Waals surface area contributed by atoms with E-state index in [1.807, 2.05) is 16.8 Å². The van der Waals surface area contributed by atoms with Crippen LogP contribution in [-0.4, -0.2) is 83.5 Å². The van der Waals surface area contributed by atoms with Gasteiger partial charge in [0.2, 0.25) is 11.8 Å². The number of likely N-dealkylation sites (tertiary alicyclic amines) is 1. The van der Waals surface area contributed by atoms with Gasteiger partial charge in [0.25, 0.3) is 0 Å². The summed E-state index contributed by atoms with van der Waals surface area (Å²) in [6, 6.07) is 0.128. The summed E-state index contributed by atoms with van der Waals surface area (Å²) in [5.41, 5.74) is 6.46. The van der Waals surface area contributed by atoms with Gasteiger partial charge in [-0.15, -0.1) is 11.6 Å².